The highest BCUT2D eigenvalue weighted by Crippen LogP contribution is 2.23. The van der Waals surface area contributed by atoms with Crippen LogP contribution in [0.25, 0.3) is 0 Å². The minimum Gasteiger partial charge on any atom is -0.336 e. The fraction of sp³-hybridized carbons (Fsp3) is 0.400. The van der Waals surface area contributed by atoms with Crippen LogP contribution in [0.1, 0.15) is 42.1 Å². The van der Waals surface area contributed by atoms with Crippen LogP contribution >= 0.6 is 11.6 Å². The number of hydrogen-bond donors (Lipinski definition) is 0. The van der Waals surface area contributed by atoms with Gasteiger partial charge in [0.05, 0.1) is 10.5 Å². The van der Waals surface area contributed by atoms with E-state index in [4.69, 9.17) is 11.6 Å². The molecule has 1 amide bonds. The highest BCUT2D eigenvalue weighted by Gasteiger charge is 2.30. The van der Waals surface area contributed by atoms with E-state index in [0.717, 1.165) is 12.0 Å². The second-order valence-electron chi connectivity index (χ2n) is 6.94. The summed E-state index contributed by atoms with van der Waals surface area (Å²) in [6, 6.07) is 10.3. The molecule has 8 heteroatoms. The molecule has 150 valence electrons. The molecule has 28 heavy (non-hydrogen) atoms. The van der Waals surface area contributed by atoms with Gasteiger partial charge >= 0.3 is 0 Å². The molecule has 0 aliphatic carbocycles. The monoisotopic (exact) mass is 421 g/mol. The average Bonchev–Trinajstić information content (AvgIpc) is 2.73. The minimum atomic E-state index is -3.57. The molecule has 0 N–H and O–H groups in total. The molecule has 1 unspecified atom stereocenters. The first-order chi connectivity index (χ1) is 13.3. The summed E-state index contributed by atoms with van der Waals surface area (Å²) in [7, 11) is -3.57. The zero-order valence-corrected chi connectivity index (χ0v) is 17.6. The number of benzene rings is 1. The standard InChI is InChI=1S/C20H24ClN3O3S/c1-3-15(2)16-4-7-18(8-5-16)28(26,27)24-12-10-23(11-13-24)20(25)17-6-9-19(21)22-14-17/h4-9,14-15H,3,10-13H2,1-2H3. The molecule has 0 radical (unpaired) electrons. The second kappa shape index (κ2) is 8.59. The maximum Gasteiger partial charge on any atom is 0.255 e. The van der Waals surface area contributed by atoms with Crippen LogP contribution in [-0.2, 0) is 10.0 Å². The number of carbonyl (C=O) groups is 1. The molecule has 1 aliphatic rings. The zero-order valence-electron chi connectivity index (χ0n) is 16.0. The van der Waals surface area contributed by atoms with E-state index < -0.39 is 10.0 Å². The molecule has 3 rings (SSSR count). The third-order valence-electron chi connectivity index (χ3n) is 5.20. The van der Waals surface area contributed by atoms with Crippen LogP contribution in [0.15, 0.2) is 47.5 Å². The molecule has 1 fully saturated rings. The Balaban J connectivity index is 1.66. The van der Waals surface area contributed by atoms with Crippen molar-refractivity contribution in [3.63, 3.8) is 0 Å². The van der Waals surface area contributed by atoms with E-state index in [0.29, 0.717) is 34.6 Å². The van der Waals surface area contributed by atoms with Crippen molar-refractivity contribution >= 4 is 27.5 Å². The number of pyridine rings is 1. The van der Waals surface area contributed by atoms with Crippen LogP contribution in [0.4, 0.5) is 0 Å². The first-order valence-electron chi connectivity index (χ1n) is 9.34. The summed E-state index contributed by atoms with van der Waals surface area (Å²) in [5.74, 6) is 0.229. The van der Waals surface area contributed by atoms with Gasteiger partial charge < -0.3 is 4.90 Å². The normalized spacial score (nSPS) is 16.8. The van der Waals surface area contributed by atoms with Gasteiger partial charge in [-0.3, -0.25) is 4.79 Å². The lowest BCUT2D eigenvalue weighted by molar-refractivity contribution is 0.0697. The first-order valence-corrected chi connectivity index (χ1v) is 11.2. The number of sulfonamides is 1. The van der Waals surface area contributed by atoms with Crippen LogP contribution in [0.2, 0.25) is 5.15 Å². The maximum absolute atomic E-state index is 12.9. The van der Waals surface area contributed by atoms with Crippen molar-refractivity contribution in [3.8, 4) is 0 Å². The highest BCUT2D eigenvalue weighted by molar-refractivity contribution is 7.89. The molecule has 1 aliphatic heterocycles. The van der Waals surface area contributed by atoms with Gasteiger partial charge in [-0.05, 0) is 42.2 Å². The molecular weight excluding hydrogens is 398 g/mol. The second-order valence-corrected chi connectivity index (χ2v) is 9.27. The Morgan fingerprint density at radius 3 is 2.29 bits per heavy atom. The van der Waals surface area contributed by atoms with Crippen molar-refractivity contribution in [1.82, 2.24) is 14.2 Å². The van der Waals surface area contributed by atoms with Gasteiger partial charge in [-0.25, -0.2) is 13.4 Å². The van der Waals surface area contributed by atoms with Crippen LogP contribution in [0.3, 0.4) is 0 Å². The molecule has 6 nitrogen and oxygen atoms in total. The van der Waals surface area contributed by atoms with Crippen molar-refractivity contribution in [3.05, 3.63) is 58.9 Å². The summed E-state index contributed by atoms with van der Waals surface area (Å²) < 4.78 is 27.3. The lowest BCUT2D eigenvalue weighted by Gasteiger charge is -2.34. The molecule has 0 bridgehead atoms. The summed E-state index contributed by atoms with van der Waals surface area (Å²) in [5, 5.41) is 0.326. The lowest BCUT2D eigenvalue weighted by atomic mass is 9.99. The molecule has 1 atom stereocenters. The van der Waals surface area contributed by atoms with Gasteiger partial charge in [0.1, 0.15) is 5.15 Å². The number of piperazine rings is 1. The third-order valence-corrected chi connectivity index (χ3v) is 7.34. The Kier molecular flexibility index (Phi) is 6.37. The van der Waals surface area contributed by atoms with Gasteiger partial charge in [-0.2, -0.15) is 4.31 Å². The predicted octanol–water partition coefficient (Wildman–Crippen LogP) is 3.40. The number of hydrogen-bond acceptors (Lipinski definition) is 4. The quantitative estimate of drug-likeness (QED) is 0.694. The predicted molar refractivity (Wildman–Crippen MR) is 109 cm³/mol. The summed E-state index contributed by atoms with van der Waals surface area (Å²) in [6.07, 6.45) is 2.44. The molecule has 1 aromatic carbocycles. The van der Waals surface area contributed by atoms with Gasteiger partial charge in [-0.15, -0.1) is 0 Å². The lowest BCUT2D eigenvalue weighted by Crippen LogP contribution is -2.50. The SMILES string of the molecule is CCC(C)c1ccc(S(=O)(=O)N2CCN(C(=O)c3ccc(Cl)nc3)CC2)cc1. The molecular formula is C20H24ClN3O3S. The van der Waals surface area contributed by atoms with Gasteiger partial charge in [0, 0.05) is 32.4 Å². The molecule has 1 aromatic heterocycles. The van der Waals surface area contributed by atoms with Crippen LogP contribution < -0.4 is 0 Å². The molecule has 2 heterocycles. The molecule has 1 saturated heterocycles. The Labute approximate surface area is 171 Å². The van der Waals surface area contributed by atoms with Crippen LogP contribution in [0.5, 0.6) is 0 Å². The number of halogens is 1. The van der Waals surface area contributed by atoms with Crippen molar-refractivity contribution in [1.29, 1.82) is 0 Å². The molecule has 0 saturated carbocycles. The first kappa shape index (κ1) is 20.8. The topological polar surface area (TPSA) is 70.6 Å². The van der Waals surface area contributed by atoms with Crippen LogP contribution in [-0.4, -0.2) is 54.7 Å². The summed E-state index contributed by atoms with van der Waals surface area (Å²) >= 11 is 5.76. The van der Waals surface area contributed by atoms with Crippen molar-refractivity contribution in [2.45, 2.75) is 31.1 Å². The average molecular weight is 422 g/mol. The van der Waals surface area contributed by atoms with E-state index in [2.05, 4.69) is 18.8 Å². The van der Waals surface area contributed by atoms with E-state index in [1.54, 1.807) is 29.2 Å². The van der Waals surface area contributed by atoms with E-state index in [1.807, 2.05) is 12.1 Å². The fourth-order valence-electron chi connectivity index (χ4n) is 3.17. The van der Waals surface area contributed by atoms with Crippen molar-refractivity contribution < 1.29 is 13.2 Å². The van der Waals surface area contributed by atoms with E-state index in [1.165, 1.54) is 10.5 Å². The Hall–Kier alpha value is -1.96. The zero-order chi connectivity index (χ0) is 20.3. The number of rotatable bonds is 5. The summed E-state index contributed by atoms with van der Waals surface area (Å²) in [5.41, 5.74) is 1.58. The molecule has 0 spiro atoms. The Morgan fingerprint density at radius 2 is 1.75 bits per heavy atom. The number of nitrogens with zero attached hydrogens (tertiary/aromatic N) is 3. The van der Waals surface area contributed by atoms with Gasteiger partial charge in [0.15, 0.2) is 0 Å². The minimum absolute atomic E-state index is 0.167. The number of amides is 1. The van der Waals surface area contributed by atoms with Crippen LogP contribution in [0, 0.1) is 0 Å². The third kappa shape index (κ3) is 4.37. The number of carbonyl (C=O) groups excluding carboxylic acids is 1. The van der Waals surface area contributed by atoms with Gasteiger partial charge in [-0.1, -0.05) is 37.6 Å². The summed E-state index contributed by atoms with van der Waals surface area (Å²) in [4.78, 5) is 18.4. The van der Waals surface area contributed by atoms with Crippen molar-refractivity contribution in [2.75, 3.05) is 26.2 Å². The fourth-order valence-corrected chi connectivity index (χ4v) is 4.70. The molecule has 2 aromatic rings. The maximum atomic E-state index is 12.9. The van der Waals surface area contributed by atoms with Crippen molar-refractivity contribution in [2.24, 2.45) is 0 Å². The smallest absolute Gasteiger partial charge is 0.255 e. The Morgan fingerprint density at radius 1 is 1.11 bits per heavy atom. The highest BCUT2D eigenvalue weighted by atomic mass is 35.5. The largest absolute Gasteiger partial charge is 0.336 e. The van der Waals surface area contributed by atoms with Gasteiger partial charge in [0.2, 0.25) is 10.0 Å². The van der Waals surface area contributed by atoms with E-state index in [9.17, 15) is 13.2 Å². The number of aromatic nitrogens is 1. The Bertz CT molecular complexity index is 922. The van der Waals surface area contributed by atoms with Gasteiger partial charge in [0.25, 0.3) is 5.91 Å². The van der Waals surface area contributed by atoms with E-state index >= 15 is 0 Å². The van der Waals surface area contributed by atoms with E-state index in [-0.39, 0.29) is 19.0 Å². The summed E-state index contributed by atoms with van der Waals surface area (Å²) in [6.45, 7) is 5.44.